The molecule has 0 spiro atoms. The van der Waals surface area contributed by atoms with E-state index in [0.29, 0.717) is 0 Å². The maximum Gasteiger partial charge on any atom is 0.153 e. The normalized spacial score (nSPS) is 11.5. The molecule has 8 aromatic carbocycles. The first kappa shape index (κ1) is 32.7. The summed E-state index contributed by atoms with van der Waals surface area (Å²) in [6, 6.07) is 71.7. The lowest BCUT2D eigenvalue weighted by Crippen LogP contribution is -2.10. The van der Waals surface area contributed by atoms with Crippen molar-refractivity contribution < 1.29 is 4.42 Å². The second-order valence-corrected chi connectivity index (χ2v) is 14.4. The molecule has 0 amide bonds. The predicted octanol–water partition coefficient (Wildman–Crippen LogP) is 14.5. The summed E-state index contributed by atoms with van der Waals surface area (Å²) < 4.78 is 8.55. The van der Waals surface area contributed by atoms with Crippen molar-refractivity contribution >= 4 is 60.8 Å². The number of rotatable bonds is 7. The quantitative estimate of drug-likeness (QED) is 0.164. The van der Waals surface area contributed by atoms with Crippen LogP contribution in [0.2, 0.25) is 0 Å². The van der Waals surface area contributed by atoms with Gasteiger partial charge in [-0.2, -0.15) is 0 Å². The predicted molar refractivity (Wildman–Crippen MR) is 237 cm³/mol. The number of para-hydroxylation sites is 2. The van der Waals surface area contributed by atoms with Crippen LogP contribution in [-0.2, 0) is 0 Å². The molecule has 0 fully saturated rings. The lowest BCUT2D eigenvalue weighted by Gasteiger charge is -2.26. The second-order valence-electron chi connectivity index (χ2n) is 14.4. The molecular weight excluding hydrogens is 695 g/mol. The summed E-state index contributed by atoms with van der Waals surface area (Å²) in [5.74, 6) is 0. The molecule has 0 atom stereocenters. The van der Waals surface area contributed by atoms with Gasteiger partial charge in [-0.25, -0.2) is 0 Å². The lowest BCUT2D eigenvalue weighted by molar-refractivity contribution is 0.667. The Hall–Kier alpha value is -7.69. The lowest BCUT2D eigenvalue weighted by atomic mass is 9.99. The number of fused-ring (bicyclic) bond motifs is 6. The third kappa shape index (κ3) is 5.66. The molecule has 11 aromatic rings. The third-order valence-electron chi connectivity index (χ3n) is 11.1. The van der Waals surface area contributed by atoms with E-state index in [0.717, 1.165) is 66.9 Å². The molecule has 0 aliphatic rings. The Balaban J connectivity index is 1.02. The fourth-order valence-electron chi connectivity index (χ4n) is 8.44. The molecule has 4 heteroatoms. The summed E-state index contributed by atoms with van der Waals surface area (Å²) >= 11 is 0. The van der Waals surface area contributed by atoms with Gasteiger partial charge in [0.25, 0.3) is 0 Å². The Morgan fingerprint density at radius 2 is 1.00 bits per heavy atom. The van der Waals surface area contributed by atoms with Crippen LogP contribution < -0.4 is 4.90 Å². The van der Waals surface area contributed by atoms with Gasteiger partial charge in [0.15, 0.2) is 5.58 Å². The van der Waals surface area contributed by atoms with E-state index in [1.165, 1.54) is 32.9 Å². The maximum atomic E-state index is 6.18. The van der Waals surface area contributed by atoms with E-state index in [9.17, 15) is 0 Å². The van der Waals surface area contributed by atoms with Gasteiger partial charge in [-0.05, 0) is 106 Å². The number of anilines is 3. The summed E-state index contributed by atoms with van der Waals surface area (Å²) in [5.41, 5.74) is 15.3. The summed E-state index contributed by atoms with van der Waals surface area (Å²) in [7, 11) is 0. The fourth-order valence-corrected chi connectivity index (χ4v) is 8.44. The van der Waals surface area contributed by atoms with Crippen LogP contribution >= 0.6 is 0 Å². The number of furan rings is 1. The molecular formula is C53H35N3O. The standard InChI is InChI=1S/C53H35N3O/c1-2-11-36(12-3-1)37-23-27-41(28-24-37)55(42-29-25-38(26-30-42)45-19-10-22-51-53(45)48-31-32-54-35-52(48)57-51)43-15-8-13-39(33-43)40-14-9-16-44(34-40)56-49-20-6-4-17-46(49)47-18-5-7-21-50(47)56/h1-35H. The van der Waals surface area contributed by atoms with Gasteiger partial charge in [0.1, 0.15) is 5.58 Å². The van der Waals surface area contributed by atoms with Gasteiger partial charge >= 0.3 is 0 Å². The average Bonchev–Trinajstić information content (AvgIpc) is 3.84. The number of nitrogens with zero attached hydrogens (tertiary/aromatic N) is 3. The first-order valence-electron chi connectivity index (χ1n) is 19.3. The summed E-state index contributed by atoms with van der Waals surface area (Å²) in [6.45, 7) is 0. The van der Waals surface area contributed by atoms with Crippen molar-refractivity contribution in [2.24, 2.45) is 0 Å². The van der Waals surface area contributed by atoms with Crippen LogP contribution in [0.25, 0.3) is 82.8 Å². The van der Waals surface area contributed by atoms with Crippen LogP contribution in [-0.4, -0.2) is 9.55 Å². The molecule has 57 heavy (non-hydrogen) atoms. The highest BCUT2D eigenvalue weighted by atomic mass is 16.3. The highest BCUT2D eigenvalue weighted by Crippen LogP contribution is 2.41. The number of benzene rings is 8. The minimum absolute atomic E-state index is 0.794. The van der Waals surface area contributed by atoms with E-state index in [2.05, 4.69) is 203 Å². The largest absolute Gasteiger partial charge is 0.454 e. The molecule has 0 saturated heterocycles. The molecule has 0 radical (unpaired) electrons. The fraction of sp³-hybridized carbons (Fsp3) is 0. The molecule has 0 unspecified atom stereocenters. The van der Waals surface area contributed by atoms with Crippen LogP contribution in [0.3, 0.4) is 0 Å². The highest BCUT2D eigenvalue weighted by molar-refractivity contribution is 6.12. The van der Waals surface area contributed by atoms with Crippen molar-refractivity contribution in [3.8, 4) is 39.1 Å². The van der Waals surface area contributed by atoms with Crippen LogP contribution in [0.15, 0.2) is 217 Å². The molecule has 4 nitrogen and oxygen atoms in total. The van der Waals surface area contributed by atoms with Crippen molar-refractivity contribution in [1.82, 2.24) is 9.55 Å². The van der Waals surface area contributed by atoms with Crippen LogP contribution in [0, 0.1) is 0 Å². The van der Waals surface area contributed by atoms with E-state index in [4.69, 9.17) is 4.42 Å². The summed E-state index contributed by atoms with van der Waals surface area (Å²) in [4.78, 5) is 6.63. The molecule has 3 heterocycles. The first-order valence-corrected chi connectivity index (χ1v) is 19.3. The molecule has 268 valence electrons. The SMILES string of the molecule is c1ccc(-c2ccc(N(c3ccc(-c4cccc5oc6cnccc6c45)cc3)c3cccc(-c4cccc(-n5c6ccccc6c6ccccc65)c4)c3)cc2)cc1. The number of aromatic nitrogens is 2. The zero-order chi connectivity index (χ0) is 37.7. The van der Waals surface area contributed by atoms with Crippen LogP contribution in [0.4, 0.5) is 17.1 Å². The van der Waals surface area contributed by atoms with Gasteiger partial charge in [0, 0.05) is 50.5 Å². The molecule has 11 rings (SSSR count). The van der Waals surface area contributed by atoms with Gasteiger partial charge in [-0.3, -0.25) is 4.98 Å². The topological polar surface area (TPSA) is 34.2 Å². The van der Waals surface area contributed by atoms with Crippen molar-refractivity contribution in [1.29, 1.82) is 0 Å². The minimum Gasteiger partial charge on any atom is -0.454 e. The zero-order valence-corrected chi connectivity index (χ0v) is 31.0. The van der Waals surface area contributed by atoms with Gasteiger partial charge in [0.05, 0.1) is 17.2 Å². The number of hydrogen-bond donors (Lipinski definition) is 0. The monoisotopic (exact) mass is 729 g/mol. The molecule has 0 N–H and O–H groups in total. The number of pyridine rings is 1. The van der Waals surface area contributed by atoms with E-state index in [-0.39, 0.29) is 0 Å². The molecule has 3 aromatic heterocycles. The highest BCUT2D eigenvalue weighted by Gasteiger charge is 2.17. The van der Waals surface area contributed by atoms with Gasteiger partial charge in [-0.1, -0.05) is 127 Å². The summed E-state index contributed by atoms with van der Waals surface area (Å²) in [6.07, 6.45) is 3.62. The summed E-state index contributed by atoms with van der Waals surface area (Å²) in [5, 5.41) is 4.69. The van der Waals surface area contributed by atoms with Crippen LogP contribution in [0.5, 0.6) is 0 Å². The van der Waals surface area contributed by atoms with Gasteiger partial charge < -0.3 is 13.9 Å². The third-order valence-corrected chi connectivity index (χ3v) is 11.1. The van der Waals surface area contributed by atoms with Crippen molar-refractivity contribution in [2.45, 2.75) is 0 Å². The maximum absolute atomic E-state index is 6.18. The van der Waals surface area contributed by atoms with E-state index in [1.54, 1.807) is 6.20 Å². The molecule has 0 saturated carbocycles. The van der Waals surface area contributed by atoms with Gasteiger partial charge in [-0.15, -0.1) is 0 Å². The van der Waals surface area contributed by atoms with Crippen molar-refractivity contribution in [2.75, 3.05) is 4.90 Å². The second kappa shape index (κ2) is 13.6. The van der Waals surface area contributed by atoms with Crippen molar-refractivity contribution in [3.05, 3.63) is 213 Å². The first-order chi connectivity index (χ1) is 28.3. The Morgan fingerprint density at radius 1 is 0.404 bits per heavy atom. The van der Waals surface area contributed by atoms with Crippen molar-refractivity contribution in [3.63, 3.8) is 0 Å². The smallest absolute Gasteiger partial charge is 0.153 e. The van der Waals surface area contributed by atoms with E-state index < -0.39 is 0 Å². The van der Waals surface area contributed by atoms with Crippen LogP contribution in [0.1, 0.15) is 0 Å². The van der Waals surface area contributed by atoms with E-state index in [1.807, 2.05) is 18.3 Å². The zero-order valence-electron chi connectivity index (χ0n) is 31.0. The van der Waals surface area contributed by atoms with E-state index >= 15 is 0 Å². The minimum atomic E-state index is 0.794. The Labute approximate surface area is 330 Å². The Morgan fingerprint density at radius 3 is 1.74 bits per heavy atom. The molecule has 0 bridgehead atoms. The molecule has 0 aliphatic carbocycles. The van der Waals surface area contributed by atoms with Gasteiger partial charge in [0.2, 0.25) is 0 Å². The molecule has 0 aliphatic heterocycles. The Bertz CT molecular complexity index is 3180. The average molecular weight is 730 g/mol. The number of hydrogen-bond acceptors (Lipinski definition) is 3. The Kier molecular flexibility index (Phi) is 7.78.